The molecule has 2 atom stereocenters. The van der Waals surface area contributed by atoms with Crippen molar-refractivity contribution in [3.05, 3.63) is 54.4 Å². The minimum Gasteiger partial charge on any atom is -0.364 e. The Morgan fingerprint density at radius 3 is 2.56 bits per heavy atom. The molecule has 1 saturated heterocycles. The van der Waals surface area contributed by atoms with E-state index < -0.39 is 6.10 Å². The molecule has 0 bridgehead atoms. The number of nitrogens with zero attached hydrogens (tertiary/aromatic N) is 1. The molecule has 1 aliphatic heterocycles. The zero-order valence-electron chi connectivity index (χ0n) is 13.6. The van der Waals surface area contributed by atoms with E-state index in [0.717, 1.165) is 6.42 Å². The Labute approximate surface area is 145 Å². The summed E-state index contributed by atoms with van der Waals surface area (Å²) in [5.41, 5.74) is 7.28. The third kappa shape index (κ3) is 4.40. The first-order valence-corrected chi connectivity index (χ1v) is 8.13. The van der Waals surface area contributed by atoms with E-state index in [-0.39, 0.29) is 17.9 Å². The fourth-order valence-electron chi connectivity index (χ4n) is 2.64. The number of ether oxygens (including phenoxy) is 1. The van der Waals surface area contributed by atoms with Crippen LogP contribution in [0.4, 0.5) is 11.4 Å². The van der Waals surface area contributed by atoms with E-state index in [4.69, 9.17) is 10.5 Å². The van der Waals surface area contributed by atoms with Crippen molar-refractivity contribution in [2.45, 2.75) is 25.0 Å². The van der Waals surface area contributed by atoms with Crippen LogP contribution in [0, 0.1) is 0 Å². The van der Waals surface area contributed by atoms with Gasteiger partial charge < -0.3 is 21.1 Å². The maximum atomic E-state index is 12.2. The summed E-state index contributed by atoms with van der Waals surface area (Å²) in [6, 6.07) is 10.2. The predicted molar refractivity (Wildman–Crippen MR) is 94.2 cm³/mol. The largest absolute Gasteiger partial charge is 0.364 e. The number of carbonyl (C=O) groups is 2. The first-order valence-electron chi connectivity index (χ1n) is 8.13. The summed E-state index contributed by atoms with van der Waals surface area (Å²) in [7, 11) is 0. The van der Waals surface area contributed by atoms with Crippen molar-refractivity contribution < 1.29 is 14.3 Å². The average molecular weight is 340 g/mol. The zero-order chi connectivity index (χ0) is 17.6. The van der Waals surface area contributed by atoms with Gasteiger partial charge in [-0.25, -0.2) is 0 Å². The highest BCUT2D eigenvalue weighted by Gasteiger charge is 2.29. The summed E-state index contributed by atoms with van der Waals surface area (Å²) in [6.45, 7) is 0.421. The molecule has 1 aliphatic rings. The summed E-state index contributed by atoms with van der Waals surface area (Å²) in [4.78, 5) is 28.3. The number of benzene rings is 1. The van der Waals surface area contributed by atoms with Crippen LogP contribution in [0.15, 0.2) is 48.8 Å². The first kappa shape index (κ1) is 17.1. The number of amides is 2. The molecule has 0 saturated carbocycles. The molecule has 0 aliphatic carbocycles. The van der Waals surface area contributed by atoms with E-state index in [1.807, 2.05) is 0 Å². The van der Waals surface area contributed by atoms with E-state index in [2.05, 4.69) is 15.6 Å². The van der Waals surface area contributed by atoms with Gasteiger partial charge in [0.05, 0.1) is 18.0 Å². The van der Waals surface area contributed by atoms with Crippen molar-refractivity contribution >= 4 is 23.2 Å². The molecule has 2 heterocycles. The van der Waals surface area contributed by atoms with Gasteiger partial charge in [-0.3, -0.25) is 14.6 Å². The van der Waals surface area contributed by atoms with Crippen LogP contribution >= 0.6 is 0 Å². The number of carbonyl (C=O) groups excluding carboxylic acids is 2. The minimum absolute atomic E-state index is 0.0469. The summed E-state index contributed by atoms with van der Waals surface area (Å²) in [6.07, 6.45) is 4.15. The summed E-state index contributed by atoms with van der Waals surface area (Å²) in [5, 5.41) is 5.55. The standard InChI is InChI=1S/C18H20N4O3/c19-10-15-7-8-16(25-15)18(24)21-13-5-3-12(4-6-13)17(23)22-14-2-1-9-20-11-14/h1-6,9,11,15-16H,7-8,10,19H2,(H,21,24)(H,22,23)/t15-,16+/m1/s1. The number of nitrogens with one attached hydrogen (secondary N) is 2. The second kappa shape index (κ2) is 7.87. The lowest BCUT2D eigenvalue weighted by Gasteiger charge is -2.13. The van der Waals surface area contributed by atoms with Gasteiger partial charge in [0.2, 0.25) is 0 Å². The van der Waals surface area contributed by atoms with E-state index in [1.54, 1.807) is 48.8 Å². The van der Waals surface area contributed by atoms with E-state index in [0.29, 0.717) is 29.9 Å². The Hall–Kier alpha value is -2.77. The summed E-state index contributed by atoms with van der Waals surface area (Å²) >= 11 is 0. The highest BCUT2D eigenvalue weighted by Crippen LogP contribution is 2.20. The molecule has 1 aromatic carbocycles. The van der Waals surface area contributed by atoms with Gasteiger partial charge in [0.1, 0.15) is 6.10 Å². The lowest BCUT2D eigenvalue weighted by atomic mass is 10.1. The molecule has 130 valence electrons. The SMILES string of the molecule is NC[C@H]1CC[C@@H](C(=O)Nc2ccc(C(=O)Nc3cccnc3)cc2)O1. The molecule has 25 heavy (non-hydrogen) atoms. The molecule has 0 unspecified atom stereocenters. The summed E-state index contributed by atoms with van der Waals surface area (Å²) in [5.74, 6) is -0.431. The first-order chi connectivity index (χ1) is 12.2. The number of hydrogen-bond acceptors (Lipinski definition) is 5. The molecule has 2 aromatic rings. The number of rotatable bonds is 5. The topological polar surface area (TPSA) is 106 Å². The lowest BCUT2D eigenvalue weighted by molar-refractivity contribution is -0.126. The molecule has 7 nitrogen and oxygen atoms in total. The van der Waals surface area contributed by atoms with Crippen molar-refractivity contribution in [2.24, 2.45) is 5.73 Å². The fraction of sp³-hybridized carbons (Fsp3) is 0.278. The van der Waals surface area contributed by atoms with Crippen molar-refractivity contribution in [3.8, 4) is 0 Å². The highest BCUT2D eigenvalue weighted by molar-refractivity contribution is 6.04. The molecule has 1 aromatic heterocycles. The van der Waals surface area contributed by atoms with E-state index in [9.17, 15) is 9.59 Å². The number of anilines is 2. The molecule has 0 radical (unpaired) electrons. The quantitative estimate of drug-likeness (QED) is 0.769. The van der Waals surface area contributed by atoms with Crippen LogP contribution < -0.4 is 16.4 Å². The van der Waals surface area contributed by atoms with E-state index >= 15 is 0 Å². The zero-order valence-corrected chi connectivity index (χ0v) is 13.6. The molecule has 1 fully saturated rings. The van der Waals surface area contributed by atoms with Gasteiger partial charge >= 0.3 is 0 Å². The third-order valence-corrected chi connectivity index (χ3v) is 4.00. The maximum absolute atomic E-state index is 12.2. The van der Waals surface area contributed by atoms with Gasteiger partial charge in [0.15, 0.2) is 0 Å². The van der Waals surface area contributed by atoms with Gasteiger partial charge in [0, 0.05) is 24.0 Å². The van der Waals surface area contributed by atoms with Crippen molar-refractivity contribution in [2.75, 3.05) is 17.2 Å². The number of hydrogen-bond donors (Lipinski definition) is 3. The van der Waals surface area contributed by atoms with Crippen LogP contribution in [-0.2, 0) is 9.53 Å². The van der Waals surface area contributed by atoms with Crippen LogP contribution in [0.3, 0.4) is 0 Å². The maximum Gasteiger partial charge on any atom is 0.255 e. The smallest absolute Gasteiger partial charge is 0.255 e. The Morgan fingerprint density at radius 1 is 1.12 bits per heavy atom. The highest BCUT2D eigenvalue weighted by atomic mass is 16.5. The summed E-state index contributed by atoms with van der Waals surface area (Å²) < 4.78 is 5.57. The minimum atomic E-state index is -0.470. The molecule has 2 amide bonds. The lowest BCUT2D eigenvalue weighted by Crippen LogP contribution is -2.29. The molecular formula is C18H20N4O3. The number of pyridine rings is 1. The van der Waals surface area contributed by atoms with Gasteiger partial charge in [-0.1, -0.05) is 0 Å². The third-order valence-electron chi connectivity index (χ3n) is 4.00. The van der Waals surface area contributed by atoms with Crippen LogP contribution in [0.5, 0.6) is 0 Å². The normalized spacial score (nSPS) is 19.4. The molecule has 4 N–H and O–H groups in total. The average Bonchev–Trinajstić information content (AvgIpc) is 3.12. The molecular weight excluding hydrogens is 320 g/mol. The van der Waals surface area contributed by atoms with Gasteiger partial charge in [-0.15, -0.1) is 0 Å². The number of nitrogens with two attached hydrogens (primary N) is 1. The second-order valence-corrected chi connectivity index (χ2v) is 5.82. The molecule has 7 heteroatoms. The fourth-order valence-corrected chi connectivity index (χ4v) is 2.64. The van der Waals surface area contributed by atoms with Gasteiger partial charge in [0.25, 0.3) is 11.8 Å². The van der Waals surface area contributed by atoms with Crippen molar-refractivity contribution in [1.82, 2.24) is 4.98 Å². The Kier molecular flexibility index (Phi) is 5.37. The van der Waals surface area contributed by atoms with Crippen LogP contribution in [0.25, 0.3) is 0 Å². The Balaban J connectivity index is 1.57. The monoisotopic (exact) mass is 340 g/mol. The Bertz CT molecular complexity index is 734. The van der Waals surface area contributed by atoms with Crippen LogP contribution in [0.1, 0.15) is 23.2 Å². The van der Waals surface area contributed by atoms with E-state index in [1.165, 1.54) is 0 Å². The second-order valence-electron chi connectivity index (χ2n) is 5.82. The number of aromatic nitrogens is 1. The van der Waals surface area contributed by atoms with Gasteiger partial charge in [-0.05, 0) is 49.2 Å². The Morgan fingerprint density at radius 2 is 1.92 bits per heavy atom. The van der Waals surface area contributed by atoms with Crippen LogP contribution in [-0.4, -0.2) is 35.6 Å². The van der Waals surface area contributed by atoms with Gasteiger partial charge in [-0.2, -0.15) is 0 Å². The van der Waals surface area contributed by atoms with Crippen molar-refractivity contribution in [3.63, 3.8) is 0 Å². The van der Waals surface area contributed by atoms with Crippen LogP contribution in [0.2, 0.25) is 0 Å². The molecule has 0 spiro atoms. The molecule has 3 rings (SSSR count). The van der Waals surface area contributed by atoms with Crippen molar-refractivity contribution in [1.29, 1.82) is 0 Å². The predicted octanol–water partition coefficient (Wildman–Crippen LogP) is 1.78.